The maximum atomic E-state index is 13.3. The van der Waals surface area contributed by atoms with Crippen molar-refractivity contribution in [1.29, 1.82) is 0 Å². The number of carbonyl (C=O) groups excluding carboxylic acids is 1. The summed E-state index contributed by atoms with van der Waals surface area (Å²) in [5, 5.41) is 18.0. The topological polar surface area (TPSA) is 76.4 Å². The number of hydrogen-bond acceptors (Lipinski definition) is 4. The fourth-order valence-corrected chi connectivity index (χ4v) is 4.88. The van der Waals surface area contributed by atoms with Gasteiger partial charge in [-0.3, -0.25) is 9.48 Å². The van der Waals surface area contributed by atoms with Crippen molar-refractivity contribution in [1.82, 2.24) is 15.1 Å². The number of rotatable bonds is 8. The van der Waals surface area contributed by atoms with Crippen LogP contribution in [0.4, 0.5) is 8.78 Å². The Morgan fingerprint density at radius 3 is 2.57 bits per heavy atom. The van der Waals surface area contributed by atoms with E-state index in [1.54, 1.807) is 12.1 Å². The Morgan fingerprint density at radius 2 is 2.00 bits per heavy atom. The van der Waals surface area contributed by atoms with Crippen LogP contribution in [0.1, 0.15) is 76.4 Å². The molecule has 1 amide bonds. The minimum Gasteiger partial charge on any atom is -0.434 e. The van der Waals surface area contributed by atoms with Gasteiger partial charge >= 0.3 is 6.61 Å². The van der Waals surface area contributed by atoms with Crippen LogP contribution in [0.5, 0.6) is 5.75 Å². The molecular formula is C26H36ClF2N3O3. The third-order valence-corrected chi connectivity index (χ3v) is 6.80. The first-order valence-electron chi connectivity index (χ1n) is 12.2. The molecule has 1 aromatic heterocycles. The number of ether oxygens (including phenoxy) is 1. The van der Waals surface area contributed by atoms with Gasteiger partial charge < -0.3 is 15.2 Å². The molecule has 0 bridgehead atoms. The lowest BCUT2D eigenvalue weighted by molar-refractivity contribution is -0.0495. The summed E-state index contributed by atoms with van der Waals surface area (Å²) in [6, 6.07) is 5.12. The lowest BCUT2D eigenvalue weighted by Gasteiger charge is -2.34. The van der Waals surface area contributed by atoms with Gasteiger partial charge in [0.15, 0.2) is 5.69 Å². The fourth-order valence-electron chi connectivity index (χ4n) is 4.55. The monoisotopic (exact) mass is 511 g/mol. The standard InChI is InChI=1S/C26H36ClF2N3O3/c1-6-32-22(18-8-7-17(14-25(3,4)5)13-19(18)35-24(28)29)20(27)21(31-32)23(33)30-15-26(34)11-9-16(2)10-12-26/h7-8,13,16,24,34H,6,9-12,14-15H2,1-5H3,(H,30,33). The highest BCUT2D eigenvalue weighted by Gasteiger charge is 2.33. The Hall–Kier alpha value is -2.19. The van der Waals surface area contributed by atoms with Gasteiger partial charge in [0.05, 0.1) is 16.3 Å². The summed E-state index contributed by atoms with van der Waals surface area (Å²) < 4.78 is 32.9. The van der Waals surface area contributed by atoms with Crippen molar-refractivity contribution in [3.63, 3.8) is 0 Å². The van der Waals surface area contributed by atoms with Crippen LogP contribution in [0.3, 0.4) is 0 Å². The lowest BCUT2D eigenvalue weighted by Crippen LogP contribution is -2.45. The number of aliphatic hydroxyl groups is 1. The van der Waals surface area contributed by atoms with Gasteiger partial charge in [-0.05, 0) is 68.1 Å². The lowest BCUT2D eigenvalue weighted by atomic mass is 9.79. The number of nitrogens with one attached hydrogen (secondary N) is 1. The van der Waals surface area contributed by atoms with Gasteiger partial charge in [-0.2, -0.15) is 13.9 Å². The first kappa shape index (κ1) is 27.4. The number of amides is 1. The molecule has 1 fully saturated rings. The molecule has 3 rings (SSSR count). The number of benzene rings is 1. The number of alkyl halides is 2. The highest BCUT2D eigenvalue weighted by atomic mass is 35.5. The van der Waals surface area contributed by atoms with Gasteiger partial charge in [-0.15, -0.1) is 0 Å². The van der Waals surface area contributed by atoms with Crippen LogP contribution < -0.4 is 10.1 Å². The van der Waals surface area contributed by atoms with Gasteiger partial charge in [0.25, 0.3) is 5.91 Å². The van der Waals surface area contributed by atoms with Crippen LogP contribution in [-0.2, 0) is 13.0 Å². The van der Waals surface area contributed by atoms with Crippen LogP contribution in [0.25, 0.3) is 11.3 Å². The van der Waals surface area contributed by atoms with Gasteiger partial charge in [0, 0.05) is 18.7 Å². The maximum Gasteiger partial charge on any atom is 0.387 e. The van der Waals surface area contributed by atoms with Crippen LogP contribution in [0.15, 0.2) is 18.2 Å². The molecule has 0 spiro atoms. The minimum atomic E-state index is -3.02. The summed E-state index contributed by atoms with van der Waals surface area (Å²) in [4.78, 5) is 13.0. The zero-order valence-corrected chi connectivity index (χ0v) is 21.9. The Morgan fingerprint density at radius 1 is 1.34 bits per heavy atom. The van der Waals surface area contributed by atoms with Crippen molar-refractivity contribution in [3.05, 3.63) is 34.5 Å². The predicted octanol–water partition coefficient (Wildman–Crippen LogP) is 6.08. The Bertz CT molecular complexity index is 1040. The number of hydrogen-bond donors (Lipinski definition) is 2. The van der Waals surface area contributed by atoms with E-state index < -0.39 is 18.1 Å². The van der Waals surface area contributed by atoms with Crippen molar-refractivity contribution in [2.24, 2.45) is 11.3 Å². The molecule has 35 heavy (non-hydrogen) atoms. The van der Waals surface area contributed by atoms with E-state index in [2.05, 4.69) is 38.1 Å². The fraction of sp³-hybridized carbons (Fsp3) is 0.615. The average molecular weight is 512 g/mol. The Labute approximate surface area is 211 Å². The molecule has 0 unspecified atom stereocenters. The maximum absolute atomic E-state index is 13.3. The molecule has 0 aliphatic heterocycles. The van der Waals surface area contributed by atoms with E-state index in [4.69, 9.17) is 16.3 Å². The van der Waals surface area contributed by atoms with Crippen molar-refractivity contribution in [2.75, 3.05) is 6.54 Å². The SMILES string of the molecule is CCn1nc(C(=O)NCC2(O)CCC(C)CC2)c(Cl)c1-c1ccc(CC(C)(C)C)cc1OC(F)F. The summed E-state index contributed by atoms with van der Waals surface area (Å²) in [5.41, 5.74) is 0.509. The molecule has 0 saturated heterocycles. The van der Waals surface area contributed by atoms with E-state index in [1.807, 2.05) is 13.0 Å². The third-order valence-electron chi connectivity index (χ3n) is 6.44. The molecule has 1 aromatic carbocycles. The van der Waals surface area contributed by atoms with E-state index in [9.17, 15) is 18.7 Å². The zero-order chi connectivity index (χ0) is 26.0. The second kappa shape index (κ2) is 10.8. The number of halogens is 3. The van der Waals surface area contributed by atoms with E-state index in [0.717, 1.165) is 18.4 Å². The second-order valence-electron chi connectivity index (χ2n) is 10.9. The number of nitrogens with zero attached hydrogens (tertiary/aromatic N) is 2. The van der Waals surface area contributed by atoms with Gasteiger partial charge in [0.2, 0.25) is 0 Å². The normalized spacial score (nSPS) is 20.8. The van der Waals surface area contributed by atoms with Crippen LogP contribution in [-0.4, -0.2) is 39.6 Å². The first-order chi connectivity index (χ1) is 16.3. The van der Waals surface area contributed by atoms with Gasteiger partial charge in [0.1, 0.15) is 5.75 Å². The predicted molar refractivity (Wildman–Crippen MR) is 133 cm³/mol. The molecule has 194 valence electrons. The smallest absolute Gasteiger partial charge is 0.387 e. The summed E-state index contributed by atoms with van der Waals surface area (Å²) in [5.74, 6) is 0.0229. The number of carbonyl (C=O) groups is 1. The summed E-state index contributed by atoms with van der Waals surface area (Å²) in [6.07, 6.45) is 3.71. The quantitative estimate of drug-likeness (QED) is 0.450. The Balaban J connectivity index is 1.91. The molecule has 1 heterocycles. The van der Waals surface area contributed by atoms with Crippen LogP contribution in [0.2, 0.25) is 5.02 Å². The molecule has 2 N–H and O–H groups in total. The van der Waals surface area contributed by atoms with E-state index in [0.29, 0.717) is 43.0 Å². The van der Waals surface area contributed by atoms with Crippen molar-refractivity contribution >= 4 is 17.5 Å². The van der Waals surface area contributed by atoms with Crippen LogP contribution >= 0.6 is 11.6 Å². The largest absolute Gasteiger partial charge is 0.434 e. The highest BCUT2D eigenvalue weighted by molar-refractivity contribution is 6.36. The molecule has 0 radical (unpaired) electrons. The van der Waals surface area contributed by atoms with Crippen molar-refractivity contribution in [2.45, 2.75) is 85.5 Å². The van der Waals surface area contributed by atoms with E-state index in [-0.39, 0.29) is 28.4 Å². The molecule has 1 aliphatic rings. The molecular weight excluding hydrogens is 476 g/mol. The second-order valence-corrected chi connectivity index (χ2v) is 11.2. The average Bonchev–Trinajstić information content (AvgIpc) is 3.09. The summed E-state index contributed by atoms with van der Waals surface area (Å²) in [7, 11) is 0. The number of aryl methyl sites for hydroxylation is 1. The van der Waals surface area contributed by atoms with Gasteiger partial charge in [-0.1, -0.05) is 45.4 Å². The molecule has 2 aromatic rings. The molecule has 9 heteroatoms. The van der Waals surface area contributed by atoms with E-state index in [1.165, 1.54) is 4.68 Å². The highest BCUT2D eigenvalue weighted by Crippen LogP contribution is 2.39. The summed E-state index contributed by atoms with van der Waals surface area (Å²) >= 11 is 6.62. The Kier molecular flexibility index (Phi) is 8.48. The van der Waals surface area contributed by atoms with Crippen molar-refractivity contribution < 1.29 is 23.4 Å². The van der Waals surface area contributed by atoms with E-state index >= 15 is 0 Å². The first-order valence-corrected chi connectivity index (χ1v) is 12.5. The van der Waals surface area contributed by atoms with Crippen LogP contribution in [0, 0.1) is 11.3 Å². The van der Waals surface area contributed by atoms with Crippen molar-refractivity contribution in [3.8, 4) is 17.0 Å². The molecule has 1 aliphatic carbocycles. The molecule has 1 saturated carbocycles. The third kappa shape index (κ3) is 6.94. The minimum absolute atomic E-state index is 0.0157. The molecule has 6 nitrogen and oxygen atoms in total. The molecule has 0 atom stereocenters. The number of aromatic nitrogens is 2. The zero-order valence-electron chi connectivity index (χ0n) is 21.1. The van der Waals surface area contributed by atoms with Gasteiger partial charge in [-0.25, -0.2) is 0 Å². The summed E-state index contributed by atoms with van der Waals surface area (Å²) in [6.45, 7) is 7.61.